The second-order valence-corrected chi connectivity index (χ2v) is 5.99. The van der Waals surface area contributed by atoms with Gasteiger partial charge in [0.2, 0.25) is 0 Å². The van der Waals surface area contributed by atoms with Crippen molar-refractivity contribution in [3.63, 3.8) is 0 Å². The molecule has 1 fully saturated rings. The number of amides is 3. The summed E-state index contributed by atoms with van der Waals surface area (Å²) in [4.78, 5) is 29.8. The van der Waals surface area contributed by atoms with E-state index < -0.39 is 5.54 Å². The molecular formula is C15H29N5O2. The summed E-state index contributed by atoms with van der Waals surface area (Å²) >= 11 is 0. The number of rotatable bonds is 7. The molecule has 3 amide bonds. The van der Waals surface area contributed by atoms with Crippen LogP contribution < -0.4 is 16.0 Å². The molecule has 1 unspecified atom stereocenters. The molecule has 0 aromatic carbocycles. The number of aliphatic imine (C=N–C) groups is 1. The van der Waals surface area contributed by atoms with Crippen molar-refractivity contribution in [3.05, 3.63) is 0 Å². The van der Waals surface area contributed by atoms with Crippen LogP contribution in [0.25, 0.3) is 0 Å². The topological polar surface area (TPSA) is 85.8 Å². The van der Waals surface area contributed by atoms with Gasteiger partial charge in [0.15, 0.2) is 5.96 Å². The van der Waals surface area contributed by atoms with Crippen LogP contribution in [0.15, 0.2) is 4.99 Å². The van der Waals surface area contributed by atoms with Gasteiger partial charge in [0, 0.05) is 25.7 Å². The van der Waals surface area contributed by atoms with E-state index in [0.717, 1.165) is 12.5 Å². The molecule has 22 heavy (non-hydrogen) atoms. The van der Waals surface area contributed by atoms with Crippen LogP contribution >= 0.6 is 0 Å². The third-order valence-electron chi connectivity index (χ3n) is 3.63. The fourth-order valence-electron chi connectivity index (χ4n) is 2.20. The fraction of sp³-hybridized carbons (Fsp3) is 0.800. The van der Waals surface area contributed by atoms with Gasteiger partial charge in [-0.2, -0.15) is 0 Å². The molecule has 1 atom stereocenters. The fourth-order valence-corrected chi connectivity index (χ4v) is 2.20. The molecule has 0 radical (unpaired) electrons. The van der Waals surface area contributed by atoms with E-state index in [2.05, 4.69) is 20.9 Å². The molecule has 7 heteroatoms. The Morgan fingerprint density at radius 2 is 2.05 bits per heavy atom. The van der Waals surface area contributed by atoms with Crippen molar-refractivity contribution in [2.75, 3.05) is 19.6 Å². The first-order valence-electron chi connectivity index (χ1n) is 8.03. The zero-order valence-electron chi connectivity index (χ0n) is 14.3. The molecule has 0 saturated carbocycles. The molecule has 7 nitrogen and oxygen atoms in total. The number of urea groups is 1. The zero-order valence-corrected chi connectivity index (χ0v) is 14.3. The Bertz CT molecular complexity index is 436. The summed E-state index contributed by atoms with van der Waals surface area (Å²) in [6, 6.07) is -0.000425. The second-order valence-electron chi connectivity index (χ2n) is 5.99. The maximum absolute atomic E-state index is 12.2. The molecule has 1 aliphatic rings. The smallest absolute Gasteiger partial charge is 0.325 e. The average molecular weight is 311 g/mol. The maximum atomic E-state index is 12.2. The highest BCUT2D eigenvalue weighted by molar-refractivity contribution is 6.06. The molecule has 0 aromatic heterocycles. The minimum atomic E-state index is -0.755. The lowest BCUT2D eigenvalue weighted by Gasteiger charge is -2.19. The first-order valence-corrected chi connectivity index (χ1v) is 8.03. The summed E-state index contributed by atoms with van der Waals surface area (Å²) in [5.41, 5.74) is -0.755. The Morgan fingerprint density at radius 3 is 2.55 bits per heavy atom. The van der Waals surface area contributed by atoms with E-state index in [4.69, 9.17) is 0 Å². The van der Waals surface area contributed by atoms with E-state index >= 15 is 0 Å². The van der Waals surface area contributed by atoms with Crippen LogP contribution in [-0.4, -0.2) is 54.0 Å². The molecule has 0 aromatic rings. The standard InChI is InChI=1S/C15H29N5O2/c1-6-15(5)12(21)20(14(22)19-15)10-8-9-17-13(16-7-2)18-11(3)4/h11H,6-10H2,1-5H3,(H,19,22)(H2,16,17,18). The van der Waals surface area contributed by atoms with Gasteiger partial charge in [0.05, 0.1) is 0 Å². The quantitative estimate of drug-likeness (QED) is 0.284. The predicted octanol–water partition coefficient (Wildman–Crippen LogP) is 1.06. The summed E-state index contributed by atoms with van der Waals surface area (Å²) in [5, 5.41) is 9.14. The minimum absolute atomic E-state index is 0.142. The van der Waals surface area contributed by atoms with Gasteiger partial charge in [-0.3, -0.25) is 14.7 Å². The van der Waals surface area contributed by atoms with Gasteiger partial charge < -0.3 is 16.0 Å². The van der Waals surface area contributed by atoms with Crippen LogP contribution in [0.5, 0.6) is 0 Å². The highest BCUT2D eigenvalue weighted by Gasteiger charge is 2.45. The van der Waals surface area contributed by atoms with Gasteiger partial charge in [-0.1, -0.05) is 6.92 Å². The number of carbonyl (C=O) groups excluding carboxylic acids is 2. The van der Waals surface area contributed by atoms with Crippen LogP contribution in [0, 0.1) is 0 Å². The average Bonchev–Trinajstić information content (AvgIpc) is 2.66. The number of hydrogen-bond donors (Lipinski definition) is 3. The summed E-state index contributed by atoms with van der Waals surface area (Å²) < 4.78 is 0. The van der Waals surface area contributed by atoms with Gasteiger partial charge in [-0.15, -0.1) is 0 Å². The lowest BCUT2D eigenvalue weighted by atomic mass is 9.99. The number of nitrogens with one attached hydrogen (secondary N) is 3. The van der Waals surface area contributed by atoms with Crippen molar-refractivity contribution in [2.24, 2.45) is 4.99 Å². The number of hydrogen-bond acceptors (Lipinski definition) is 3. The molecule has 0 aliphatic carbocycles. The molecule has 1 saturated heterocycles. The highest BCUT2D eigenvalue weighted by Crippen LogP contribution is 2.20. The lowest BCUT2D eigenvalue weighted by molar-refractivity contribution is -0.130. The van der Waals surface area contributed by atoms with Crippen molar-refractivity contribution < 1.29 is 9.59 Å². The summed E-state index contributed by atoms with van der Waals surface area (Å²) in [6.07, 6.45) is 1.24. The Morgan fingerprint density at radius 1 is 1.36 bits per heavy atom. The van der Waals surface area contributed by atoms with Gasteiger partial charge in [-0.05, 0) is 40.5 Å². The SMILES string of the molecule is CCNC(=NCCCN1C(=O)NC(C)(CC)C1=O)NC(C)C. The monoisotopic (exact) mass is 311 g/mol. The van der Waals surface area contributed by atoms with Crippen LogP contribution in [-0.2, 0) is 4.79 Å². The van der Waals surface area contributed by atoms with Gasteiger partial charge in [0.1, 0.15) is 5.54 Å². The summed E-state index contributed by atoms with van der Waals surface area (Å²) in [6.45, 7) is 11.5. The van der Waals surface area contributed by atoms with Crippen LogP contribution in [0.4, 0.5) is 4.79 Å². The van der Waals surface area contributed by atoms with E-state index in [-0.39, 0.29) is 11.9 Å². The Labute approximate surface area is 132 Å². The molecule has 1 heterocycles. The summed E-state index contributed by atoms with van der Waals surface area (Å²) in [7, 11) is 0. The number of carbonyl (C=O) groups is 2. The van der Waals surface area contributed by atoms with Crippen molar-refractivity contribution in [1.82, 2.24) is 20.9 Å². The normalized spacial score (nSPS) is 22.3. The van der Waals surface area contributed by atoms with E-state index in [0.29, 0.717) is 32.0 Å². The first kappa shape index (κ1) is 18.3. The van der Waals surface area contributed by atoms with E-state index in [1.807, 2.05) is 27.7 Å². The van der Waals surface area contributed by atoms with Crippen molar-refractivity contribution >= 4 is 17.9 Å². The maximum Gasteiger partial charge on any atom is 0.325 e. The van der Waals surface area contributed by atoms with E-state index in [1.165, 1.54) is 4.90 Å². The summed E-state index contributed by atoms with van der Waals surface area (Å²) in [5.74, 6) is 0.615. The van der Waals surface area contributed by atoms with Gasteiger partial charge in [-0.25, -0.2) is 4.79 Å². The zero-order chi connectivity index (χ0) is 16.8. The molecule has 3 N–H and O–H groups in total. The van der Waals surface area contributed by atoms with E-state index in [1.54, 1.807) is 6.92 Å². The van der Waals surface area contributed by atoms with Crippen molar-refractivity contribution in [3.8, 4) is 0 Å². The van der Waals surface area contributed by atoms with Crippen LogP contribution in [0.2, 0.25) is 0 Å². The third kappa shape index (κ3) is 4.61. The number of nitrogens with zero attached hydrogens (tertiary/aromatic N) is 2. The van der Waals surface area contributed by atoms with E-state index in [9.17, 15) is 9.59 Å². The Kier molecular flexibility index (Phi) is 6.64. The predicted molar refractivity (Wildman–Crippen MR) is 87.8 cm³/mol. The molecular weight excluding hydrogens is 282 g/mol. The van der Waals surface area contributed by atoms with Crippen LogP contribution in [0.1, 0.15) is 47.5 Å². The highest BCUT2D eigenvalue weighted by atomic mass is 16.2. The van der Waals surface area contributed by atoms with Crippen molar-refractivity contribution in [1.29, 1.82) is 0 Å². The minimum Gasteiger partial charge on any atom is -0.357 e. The van der Waals surface area contributed by atoms with Crippen LogP contribution in [0.3, 0.4) is 0 Å². The Hall–Kier alpha value is -1.79. The lowest BCUT2D eigenvalue weighted by Crippen LogP contribution is -2.43. The van der Waals surface area contributed by atoms with Gasteiger partial charge >= 0.3 is 6.03 Å². The molecule has 0 bridgehead atoms. The molecule has 1 aliphatic heterocycles. The van der Waals surface area contributed by atoms with Gasteiger partial charge in [0.25, 0.3) is 5.91 Å². The third-order valence-corrected chi connectivity index (χ3v) is 3.63. The molecule has 1 rings (SSSR count). The number of imide groups is 1. The first-order chi connectivity index (χ1) is 10.3. The molecule has 126 valence electrons. The molecule has 0 spiro atoms. The second kappa shape index (κ2) is 8.00. The number of guanidine groups is 1. The largest absolute Gasteiger partial charge is 0.357 e. The Balaban J connectivity index is 2.49. The van der Waals surface area contributed by atoms with Crippen molar-refractivity contribution in [2.45, 2.75) is 59.0 Å².